The Labute approximate surface area is 106 Å². The van der Waals surface area contributed by atoms with Gasteiger partial charge in [0.1, 0.15) is 6.04 Å². The first-order valence-electron chi connectivity index (χ1n) is 5.59. The fraction of sp³-hybridized carbons (Fsp3) is 0.636. The van der Waals surface area contributed by atoms with Gasteiger partial charge >= 0.3 is 5.97 Å². The summed E-state index contributed by atoms with van der Waals surface area (Å²) in [5, 5.41) is 4.19. The second-order valence-corrected chi connectivity index (χ2v) is 4.78. The summed E-state index contributed by atoms with van der Waals surface area (Å²) in [7, 11) is 1.36. The molecule has 0 saturated carbocycles. The van der Waals surface area contributed by atoms with Crippen molar-refractivity contribution in [3.63, 3.8) is 0 Å². The maximum Gasteiger partial charge on any atom is 0.322 e. The number of nitrogens with zero attached hydrogens (tertiary/aromatic N) is 2. The fourth-order valence-corrected chi connectivity index (χ4v) is 2.27. The van der Waals surface area contributed by atoms with Crippen molar-refractivity contribution in [2.75, 3.05) is 12.9 Å². The lowest BCUT2D eigenvalue weighted by Crippen LogP contribution is -2.31. The van der Waals surface area contributed by atoms with Gasteiger partial charge in [0, 0.05) is 18.5 Å². The maximum absolute atomic E-state index is 11.0. The highest BCUT2D eigenvalue weighted by atomic mass is 32.2. The van der Waals surface area contributed by atoms with Crippen LogP contribution in [0.1, 0.15) is 18.9 Å². The number of ether oxygens (including phenoxy) is 1. The number of nitrogens with two attached hydrogens (primary N) is 1. The number of hydrogen-bond donors (Lipinski definition) is 1. The van der Waals surface area contributed by atoms with E-state index >= 15 is 0 Å². The number of esters is 1. The van der Waals surface area contributed by atoms with E-state index < -0.39 is 6.04 Å². The number of aromatic nitrogens is 2. The third kappa shape index (κ3) is 4.79. The Morgan fingerprint density at radius 3 is 3.06 bits per heavy atom. The molecule has 1 aromatic rings. The number of carbonyl (C=O) groups is 1. The minimum atomic E-state index is -0.508. The van der Waals surface area contributed by atoms with Gasteiger partial charge in [-0.1, -0.05) is 0 Å². The molecule has 0 amide bonds. The lowest BCUT2D eigenvalue weighted by molar-refractivity contribution is -0.142. The second kappa shape index (κ2) is 7.34. The molecule has 5 nitrogen and oxygen atoms in total. The lowest BCUT2D eigenvalue weighted by Gasteiger charge is -2.07. The van der Waals surface area contributed by atoms with Crippen molar-refractivity contribution in [3.8, 4) is 0 Å². The minimum absolute atomic E-state index is 0.343. The van der Waals surface area contributed by atoms with Gasteiger partial charge in [-0.2, -0.15) is 16.9 Å². The molecule has 1 atom stereocenters. The van der Waals surface area contributed by atoms with E-state index in [9.17, 15) is 4.79 Å². The normalized spacial score (nSPS) is 12.4. The number of methoxy groups -OCH3 is 1. The lowest BCUT2D eigenvalue weighted by atomic mass is 10.2. The molecule has 1 rings (SSSR count). The predicted molar refractivity (Wildman–Crippen MR) is 68.7 cm³/mol. The van der Waals surface area contributed by atoms with E-state index in [2.05, 4.69) is 16.8 Å². The fourth-order valence-electron chi connectivity index (χ4n) is 1.32. The summed E-state index contributed by atoms with van der Waals surface area (Å²) in [6, 6.07) is -0.508. The van der Waals surface area contributed by atoms with E-state index in [-0.39, 0.29) is 5.97 Å². The summed E-state index contributed by atoms with van der Waals surface area (Å²) < 4.78 is 6.46. The van der Waals surface area contributed by atoms with Crippen LogP contribution in [0.5, 0.6) is 0 Å². The van der Waals surface area contributed by atoms with Gasteiger partial charge in [0.2, 0.25) is 0 Å². The molecule has 0 spiro atoms. The van der Waals surface area contributed by atoms with Crippen molar-refractivity contribution < 1.29 is 9.53 Å². The Balaban J connectivity index is 2.17. The standard InChI is InChI=1S/C11H19N3O2S/c1-3-14-7-9(6-13-14)8-17-5-4-10(12)11(15)16-2/h6-7,10H,3-5,8,12H2,1-2H3. The summed E-state index contributed by atoms with van der Waals surface area (Å²) in [6.45, 7) is 2.94. The van der Waals surface area contributed by atoms with E-state index in [1.165, 1.54) is 12.7 Å². The third-order valence-electron chi connectivity index (χ3n) is 2.36. The molecular weight excluding hydrogens is 238 g/mol. The van der Waals surface area contributed by atoms with Crippen LogP contribution in [-0.2, 0) is 21.8 Å². The second-order valence-electron chi connectivity index (χ2n) is 3.68. The first-order valence-corrected chi connectivity index (χ1v) is 6.75. The van der Waals surface area contributed by atoms with Crippen LogP contribution >= 0.6 is 11.8 Å². The van der Waals surface area contributed by atoms with Gasteiger partial charge in [0.15, 0.2) is 0 Å². The molecule has 0 aromatic carbocycles. The molecule has 0 radical (unpaired) electrons. The highest BCUT2D eigenvalue weighted by Gasteiger charge is 2.12. The number of thioether (sulfide) groups is 1. The average molecular weight is 257 g/mol. The summed E-state index contributed by atoms with van der Waals surface area (Å²) >= 11 is 1.75. The zero-order chi connectivity index (χ0) is 12.7. The molecule has 1 aromatic heterocycles. The molecule has 6 heteroatoms. The molecule has 17 heavy (non-hydrogen) atoms. The predicted octanol–water partition coefficient (Wildman–Crippen LogP) is 1.03. The van der Waals surface area contributed by atoms with Crippen LogP contribution < -0.4 is 5.73 Å². The number of hydrogen-bond acceptors (Lipinski definition) is 5. The zero-order valence-electron chi connectivity index (χ0n) is 10.3. The molecule has 0 saturated heterocycles. The first kappa shape index (κ1) is 14.1. The van der Waals surface area contributed by atoms with Crippen LogP contribution in [0.25, 0.3) is 0 Å². The van der Waals surface area contributed by atoms with Crippen LogP contribution in [-0.4, -0.2) is 34.7 Å². The summed E-state index contributed by atoms with van der Waals surface area (Å²) in [6.07, 6.45) is 4.54. The van der Waals surface area contributed by atoms with E-state index in [0.29, 0.717) is 6.42 Å². The first-order chi connectivity index (χ1) is 8.17. The van der Waals surface area contributed by atoms with Crippen LogP contribution in [0, 0.1) is 0 Å². The Kier molecular flexibility index (Phi) is 6.07. The number of carbonyl (C=O) groups excluding carboxylic acids is 1. The van der Waals surface area contributed by atoms with Crippen LogP contribution in [0.4, 0.5) is 0 Å². The Morgan fingerprint density at radius 2 is 2.47 bits per heavy atom. The van der Waals surface area contributed by atoms with Crippen molar-refractivity contribution >= 4 is 17.7 Å². The van der Waals surface area contributed by atoms with E-state index in [0.717, 1.165) is 18.1 Å². The van der Waals surface area contributed by atoms with Crippen molar-refractivity contribution in [2.24, 2.45) is 5.73 Å². The molecule has 0 aliphatic heterocycles. The number of rotatable bonds is 7. The van der Waals surface area contributed by atoms with Crippen LogP contribution in [0.15, 0.2) is 12.4 Å². The van der Waals surface area contributed by atoms with Crippen molar-refractivity contribution in [3.05, 3.63) is 18.0 Å². The van der Waals surface area contributed by atoms with Gasteiger partial charge in [-0.05, 0) is 24.7 Å². The SMILES string of the molecule is CCn1cc(CSCCC(N)C(=O)OC)cn1. The Bertz CT molecular complexity index is 354. The summed E-state index contributed by atoms with van der Waals surface area (Å²) in [5.74, 6) is 1.39. The quantitative estimate of drug-likeness (QED) is 0.583. The highest BCUT2D eigenvalue weighted by molar-refractivity contribution is 7.98. The smallest absolute Gasteiger partial charge is 0.322 e. The highest BCUT2D eigenvalue weighted by Crippen LogP contribution is 2.13. The molecule has 1 heterocycles. The van der Waals surface area contributed by atoms with E-state index in [1.54, 1.807) is 11.8 Å². The largest absolute Gasteiger partial charge is 0.468 e. The monoisotopic (exact) mass is 257 g/mol. The van der Waals surface area contributed by atoms with Gasteiger partial charge in [0.05, 0.1) is 13.3 Å². The average Bonchev–Trinajstić information content (AvgIpc) is 2.81. The van der Waals surface area contributed by atoms with E-state index in [4.69, 9.17) is 5.73 Å². The molecule has 1 unspecified atom stereocenters. The third-order valence-corrected chi connectivity index (χ3v) is 3.42. The number of aryl methyl sites for hydroxylation is 1. The maximum atomic E-state index is 11.0. The van der Waals surface area contributed by atoms with Crippen LogP contribution in [0.3, 0.4) is 0 Å². The molecule has 96 valence electrons. The van der Waals surface area contributed by atoms with Crippen molar-refractivity contribution in [1.82, 2.24) is 9.78 Å². The zero-order valence-corrected chi connectivity index (χ0v) is 11.1. The molecule has 0 bridgehead atoms. The molecule has 0 aliphatic carbocycles. The van der Waals surface area contributed by atoms with Crippen molar-refractivity contribution in [1.29, 1.82) is 0 Å². The van der Waals surface area contributed by atoms with Crippen LogP contribution in [0.2, 0.25) is 0 Å². The molecular formula is C11H19N3O2S. The topological polar surface area (TPSA) is 70.1 Å². The van der Waals surface area contributed by atoms with Crippen molar-refractivity contribution in [2.45, 2.75) is 31.7 Å². The van der Waals surface area contributed by atoms with Gasteiger partial charge in [-0.25, -0.2) is 0 Å². The van der Waals surface area contributed by atoms with E-state index in [1.807, 2.05) is 17.1 Å². The Morgan fingerprint density at radius 1 is 1.71 bits per heavy atom. The van der Waals surface area contributed by atoms with Gasteiger partial charge in [-0.15, -0.1) is 0 Å². The minimum Gasteiger partial charge on any atom is -0.468 e. The molecule has 2 N–H and O–H groups in total. The Hall–Kier alpha value is -1.01. The van der Waals surface area contributed by atoms with Gasteiger partial charge < -0.3 is 10.5 Å². The molecule has 0 aliphatic rings. The molecule has 0 fully saturated rings. The van der Waals surface area contributed by atoms with Gasteiger partial charge in [0.25, 0.3) is 0 Å². The summed E-state index contributed by atoms with van der Waals surface area (Å²) in [5.41, 5.74) is 6.83. The summed E-state index contributed by atoms with van der Waals surface area (Å²) in [4.78, 5) is 11.0. The van der Waals surface area contributed by atoms with Gasteiger partial charge in [-0.3, -0.25) is 9.48 Å².